The van der Waals surface area contributed by atoms with Crippen LogP contribution in [-0.2, 0) is 12.8 Å². The van der Waals surface area contributed by atoms with E-state index in [0.29, 0.717) is 6.04 Å². The molecule has 0 radical (unpaired) electrons. The van der Waals surface area contributed by atoms with E-state index in [9.17, 15) is 0 Å². The second kappa shape index (κ2) is 5.49. The van der Waals surface area contributed by atoms with Crippen molar-refractivity contribution in [3.05, 3.63) is 34.9 Å². The maximum atomic E-state index is 3.56. The molecule has 0 saturated heterocycles. The minimum Gasteiger partial charge on any atom is -0.310 e. The molecule has 1 aromatic carbocycles. The maximum absolute atomic E-state index is 3.56. The van der Waals surface area contributed by atoms with Gasteiger partial charge in [-0.1, -0.05) is 38.5 Å². The van der Waals surface area contributed by atoms with Crippen molar-refractivity contribution >= 4 is 0 Å². The number of hydrogen-bond donors (Lipinski definition) is 1. The normalized spacial score (nSPS) is 18.8. The van der Waals surface area contributed by atoms with Crippen molar-refractivity contribution < 1.29 is 0 Å². The summed E-state index contributed by atoms with van der Waals surface area (Å²) in [4.78, 5) is 0. The predicted octanol–water partition coefficient (Wildman–Crippen LogP) is 3.63. The molecule has 0 saturated carbocycles. The second-order valence-corrected chi connectivity index (χ2v) is 4.79. The summed E-state index contributed by atoms with van der Waals surface area (Å²) in [6.45, 7) is 5.52. The number of unbranched alkanes of at least 4 members (excludes halogenated alkanes) is 1. The Morgan fingerprint density at radius 3 is 2.94 bits per heavy atom. The summed E-state index contributed by atoms with van der Waals surface area (Å²) >= 11 is 0. The molecule has 1 N–H and O–H groups in total. The van der Waals surface area contributed by atoms with Crippen LogP contribution in [0.3, 0.4) is 0 Å². The highest BCUT2D eigenvalue weighted by atomic mass is 14.9. The summed E-state index contributed by atoms with van der Waals surface area (Å²) < 4.78 is 0. The first kappa shape index (κ1) is 11.7. The van der Waals surface area contributed by atoms with Crippen LogP contribution in [0.2, 0.25) is 0 Å². The van der Waals surface area contributed by atoms with Crippen molar-refractivity contribution in [3.63, 3.8) is 0 Å². The van der Waals surface area contributed by atoms with Gasteiger partial charge in [0.2, 0.25) is 0 Å². The average molecular weight is 217 g/mol. The molecule has 1 heteroatoms. The molecule has 1 aliphatic rings. The number of rotatable bonds is 5. The van der Waals surface area contributed by atoms with Crippen LogP contribution in [0.5, 0.6) is 0 Å². The fourth-order valence-corrected chi connectivity index (χ4v) is 2.67. The van der Waals surface area contributed by atoms with E-state index in [1.165, 1.54) is 37.7 Å². The van der Waals surface area contributed by atoms with Crippen LogP contribution in [0.25, 0.3) is 0 Å². The van der Waals surface area contributed by atoms with Crippen molar-refractivity contribution in [1.29, 1.82) is 0 Å². The van der Waals surface area contributed by atoms with Gasteiger partial charge in [-0.2, -0.15) is 0 Å². The summed E-state index contributed by atoms with van der Waals surface area (Å²) in [5.41, 5.74) is 4.65. The summed E-state index contributed by atoms with van der Waals surface area (Å²) in [6, 6.07) is 7.72. The fourth-order valence-electron chi connectivity index (χ4n) is 2.67. The lowest BCUT2D eigenvalue weighted by Gasteiger charge is -2.12. The van der Waals surface area contributed by atoms with Crippen molar-refractivity contribution in [2.24, 2.45) is 0 Å². The van der Waals surface area contributed by atoms with E-state index in [1.54, 1.807) is 11.1 Å². The van der Waals surface area contributed by atoms with Gasteiger partial charge in [-0.25, -0.2) is 0 Å². The molecule has 0 spiro atoms. The molecule has 1 aromatic rings. The van der Waals surface area contributed by atoms with Crippen LogP contribution >= 0.6 is 0 Å². The van der Waals surface area contributed by atoms with E-state index in [-0.39, 0.29) is 0 Å². The van der Waals surface area contributed by atoms with Crippen LogP contribution in [-0.4, -0.2) is 6.54 Å². The molecule has 1 aliphatic carbocycles. The van der Waals surface area contributed by atoms with E-state index in [1.807, 2.05) is 0 Å². The number of nitrogens with one attached hydrogen (secondary N) is 1. The second-order valence-electron chi connectivity index (χ2n) is 4.79. The van der Waals surface area contributed by atoms with E-state index >= 15 is 0 Å². The topological polar surface area (TPSA) is 12.0 Å². The number of aryl methyl sites for hydroxylation is 2. The quantitative estimate of drug-likeness (QED) is 0.794. The third kappa shape index (κ3) is 2.46. The van der Waals surface area contributed by atoms with Crippen LogP contribution < -0.4 is 5.32 Å². The Bertz CT molecular complexity index is 343. The van der Waals surface area contributed by atoms with Crippen molar-refractivity contribution in [3.8, 4) is 0 Å². The number of fused-ring (bicyclic) bond motifs is 1. The lowest BCUT2D eigenvalue weighted by molar-refractivity contribution is 0.549. The largest absolute Gasteiger partial charge is 0.310 e. The van der Waals surface area contributed by atoms with E-state index in [2.05, 4.69) is 37.4 Å². The number of hydrogen-bond acceptors (Lipinski definition) is 1. The monoisotopic (exact) mass is 217 g/mol. The molecule has 0 fully saturated rings. The van der Waals surface area contributed by atoms with Gasteiger partial charge in [0, 0.05) is 6.04 Å². The first-order chi connectivity index (χ1) is 7.85. The van der Waals surface area contributed by atoms with Gasteiger partial charge in [0.15, 0.2) is 0 Å². The molecular weight excluding hydrogens is 194 g/mol. The highest BCUT2D eigenvalue weighted by molar-refractivity contribution is 5.38. The first-order valence-electron chi connectivity index (χ1n) is 6.70. The molecule has 2 rings (SSSR count). The first-order valence-corrected chi connectivity index (χ1v) is 6.70. The Hall–Kier alpha value is -0.820. The molecule has 1 nitrogen and oxygen atoms in total. The molecule has 0 aliphatic heterocycles. The van der Waals surface area contributed by atoms with E-state index in [4.69, 9.17) is 0 Å². The lowest BCUT2D eigenvalue weighted by Crippen LogP contribution is -2.18. The minimum absolute atomic E-state index is 0.611. The third-order valence-electron chi connectivity index (χ3n) is 3.55. The molecule has 1 atom stereocenters. The Balaban J connectivity index is 2.09. The Kier molecular flexibility index (Phi) is 4.00. The van der Waals surface area contributed by atoms with Crippen molar-refractivity contribution in [2.45, 2.75) is 52.0 Å². The zero-order valence-corrected chi connectivity index (χ0v) is 10.6. The van der Waals surface area contributed by atoms with E-state index in [0.717, 1.165) is 6.54 Å². The zero-order chi connectivity index (χ0) is 11.4. The minimum atomic E-state index is 0.611. The van der Waals surface area contributed by atoms with Crippen LogP contribution in [0.15, 0.2) is 18.2 Å². The Labute approximate surface area is 99.3 Å². The maximum Gasteiger partial charge on any atom is 0.0326 e. The van der Waals surface area contributed by atoms with Gasteiger partial charge < -0.3 is 5.32 Å². The highest BCUT2D eigenvalue weighted by Gasteiger charge is 2.21. The predicted molar refractivity (Wildman–Crippen MR) is 69.8 cm³/mol. The van der Waals surface area contributed by atoms with Gasteiger partial charge in [-0.15, -0.1) is 0 Å². The molecule has 0 heterocycles. The molecular formula is C15H23N. The van der Waals surface area contributed by atoms with Crippen LogP contribution in [0.1, 0.15) is 55.8 Å². The summed E-state index contributed by atoms with van der Waals surface area (Å²) in [6.07, 6.45) is 6.38. The summed E-state index contributed by atoms with van der Waals surface area (Å²) in [5.74, 6) is 0. The fraction of sp³-hybridized carbons (Fsp3) is 0.600. The van der Waals surface area contributed by atoms with Gasteiger partial charge in [0.05, 0.1) is 0 Å². The standard InChI is InChI=1S/C15H23N/c1-3-5-6-12-7-9-14-13(11-12)8-10-15(14)16-4-2/h7,9,11,15-16H,3-6,8,10H2,1-2H3. The molecule has 0 bridgehead atoms. The Morgan fingerprint density at radius 1 is 1.31 bits per heavy atom. The average Bonchev–Trinajstić information content (AvgIpc) is 2.70. The van der Waals surface area contributed by atoms with E-state index < -0.39 is 0 Å². The van der Waals surface area contributed by atoms with Gasteiger partial charge in [0.25, 0.3) is 0 Å². The lowest BCUT2D eigenvalue weighted by atomic mass is 10.0. The Morgan fingerprint density at radius 2 is 2.19 bits per heavy atom. The smallest absolute Gasteiger partial charge is 0.0326 e. The highest BCUT2D eigenvalue weighted by Crippen LogP contribution is 2.31. The summed E-state index contributed by atoms with van der Waals surface area (Å²) in [5, 5.41) is 3.56. The van der Waals surface area contributed by atoms with Gasteiger partial charge in [-0.3, -0.25) is 0 Å². The molecule has 0 amide bonds. The third-order valence-corrected chi connectivity index (χ3v) is 3.55. The van der Waals surface area contributed by atoms with Crippen LogP contribution in [0, 0.1) is 0 Å². The van der Waals surface area contributed by atoms with Gasteiger partial charge in [-0.05, 0) is 48.9 Å². The van der Waals surface area contributed by atoms with Crippen LogP contribution in [0.4, 0.5) is 0 Å². The van der Waals surface area contributed by atoms with Crippen molar-refractivity contribution in [2.75, 3.05) is 6.54 Å². The number of benzene rings is 1. The molecule has 88 valence electrons. The zero-order valence-electron chi connectivity index (χ0n) is 10.6. The van der Waals surface area contributed by atoms with Gasteiger partial charge in [0.1, 0.15) is 0 Å². The molecule has 1 unspecified atom stereocenters. The van der Waals surface area contributed by atoms with Crippen molar-refractivity contribution in [1.82, 2.24) is 5.32 Å². The SMILES string of the molecule is CCCCc1ccc2c(c1)CCC2NCC. The van der Waals surface area contributed by atoms with Gasteiger partial charge >= 0.3 is 0 Å². The molecule has 16 heavy (non-hydrogen) atoms. The molecule has 0 aromatic heterocycles. The summed E-state index contributed by atoms with van der Waals surface area (Å²) in [7, 11) is 0.